The van der Waals surface area contributed by atoms with E-state index in [-0.39, 0.29) is 41.9 Å². The summed E-state index contributed by atoms with van der Waals surface area (Å²) in [5.41, 5.74) is 6.45. The van der Waals surface area contributed by atoms with Crippen molar-refractivity contribution in [3.05, 3.63) is 11.6 Å². The van der Waals surface area contributed by atoms with Gasteiger partial charge < -0.3 is 21.5 Å². The van der Waals surface area contributed by atoms with Crippen LogP contribution in [0.3, 0.4) is 0 Å². The Labute approximate surface area is 147 Å². The molecule has 8 nitrogen and oxygen atoms in total. The van der Waals surface area contributed by atoms with Crippen molar-refractivity contribution in [1.82, 2.24) is 15.5 Å². The number of carboxylic acid groups (broad SMARTS) is 1. The number of aliphatic carboxylic acids is 1. The van der Waals surface area contributed by atoms with Gasteiger partial charge in [-0.25, -0.2) is 4.79 Å². The third kappa shape index (κ3) is 5.02. The molecule has 8 heteroatoms. The summed E-state index contributed by atoms with van der Waals surface area (Å²) in [7, 11) is 0. The summed E-state index contributed by atoms with van der Waals surface area (Å²) in [5, 5.41) is 15.2. The Morgan fingerprint density at radius 2 is 2.08 bits per heavy atom. The van der Waals surface area contributed by atoms with Gasteiger partial charge >= 0.3 is 5.97 Å². The second-order valence-corrected chi connectivity index (χ2v) is 6.84. The molecule has 140 valence electrons. The lowest BCUT2D eigenvalue weighted by molar-refractivity contribution is -0.133. The Hall–Kier alpha value is -1.93. The molecule has 1 heterocycles. The molecule has 1 saturated heterocycles. The summed E-state index contributed by atoms with van der Waals surface area (Å²) in [6, 6.07) is -1.07. The van der Waals surface area contributed by atoms with Crippen molar-refractivity contribution >= 4 is 17.8 Å². The number of nitrogens with one attached hydrogen (secondary N) is 2. The van der Waals surface area contributed by atoms with Gasteiger partial charge in [-0.15, -0.1) is 0 Å². The van der Waals surface area contributed by atoms with Crippen LogP contribution in [-0.4, -0.2) is 65.0 Å². The van der Waals surface area contributed by atoms with Gasteiger partial charge in [0.2, 0.25) is 11.8 Å². The highest BCUT2D eigenvalue weighted by atomic mass is 16.4. The first kappa shape index (κ1) is 19.4. The Bertz CT molecular complexity index is 563. The molecule has 0 aromatic heterocycles. The first-order valence-electron chi connectivity index (χ1n) is 8.81. The lowest BCUT2D eigenvalue weighted by Gasteiger charge is -2.44. The van der Waals surface area contributed by atoms with E-state index in [4.69, 9.17) is 5.73 Å². The minimum atomic E-state index is -0.977. The van der Waals surface area contributed by atoms with Crippen molar-refractivity contribution in [2.24, 2.45) is 5.73 Å². The lowest BCUT2D eigenvalue weighted by atomic mass is 9.85. The molecule has 2 amide bonds. The van der Waals surface area contributed by atoms with Crippen LogP contribution >= 0.6 is 0 Å². The average Bonchev–Trinajstić information content (AvgIpc) is 2.56. The summed E-state index contributed by atoms with van der Waals surface area (Å²) in [6.07, 6.45) is 4.14. The third-order valence-electron chi connectivity index (χ3n) is 4.86. The summed E-state index contributed by atoms with van der Waals surface area (Å²) < 4.78 is 0. The molecule has 1 aliphatic carbocycles. The van der Waals surface area contributed by atoms with Gasteiger partial charge in [0.25, 0.3) is 0 Å². The number of piperidine rings is 1. The number of carbonyl (C=O) groups is 3. The summed E-state index contributed by atoms with van der Waals surface area (Å²) >= 11 is 0. The quantitative estimate of drug-likeness (QED) is 0.533. The minimum Gasteiger partial charge on any atom is -0.478 e. The maximum Gasteiger partial charge on any atom is 0.331 e. The highest BCUT2D eigenvalue weighted by Crippen LogP contribution is 2.25. The number of carbonyl (C=O) groups excluding carboxylic acids is 2. The zero-order chi connectivity index (χ0) is 18.6. The van der Waals surface area contributed by atoms with E-state index in [9.17, 15) is 19.5 Å². The third-order valence-corrected chi connectivity index (χ3v) is 4.86. The number of rotatable bonds is 5. The van der Waals surface area contributed by atoms with E-state index < -0.39 is 12.0 Å². The summed E-state index contributed by atoms with van der Waals surface area (Å²) in [6.45, 7) is 4.63. The van der Waals surface area contributed by atoms with Crippen LogP contribution in [-0.2, 0) is 14.4 Å². The van der Waals surface area contributed by atoms with Crippen LogP contribution in [0.25, 0.3) is 0 Å². The smallest absolute Gasteiger partial charge is 0.331 e. The Balaban J connectivity index is 2.20. The molecular weight excluding hydrogens is 324 g/mol. The number of amides is 2. The van der Waals surface area contributed by atoms with E-state index in [2.05, 4.69) is 15.5 Å². The summed E-state index contributed by atoms with van der Waals surface area (Å²) in [5.74, 6) is -1.16. The van der Waals surface area contributed by atoms with Crippen LogP contribution < -0.4 is 16.4 Å². The van der Waals surface area contributed by atoms with Gasteiger partial charge in [-0.05, 0) is 25.8 Å². The molecule has 0 saturated carbocycles. The molecule has 0 spiro atoms. The number of nitrogens with zero attached hydrogens (tertiary/aromatic N) is 1. The highest BCUT2D eigenvalue weighted by Gasteiger charge is 2.38. The van der Waals surface area contributed by atoms with Gasteiger partial charge in [0.15, 0.2) is 0 Å². The number of likely N-dealkylation sites (tertiary alicyclic amines) is 1. The van der Waals surface area contributed by atoms with Crippen LogP contribution in [0.15, 0.2) is 11.6 Å². The van der Waals surface area contributed by atoms with E-state index in [0.717, 1.165) is 19.4 Å². The fourth-order valence-electron chi connectivity index (χ4n) is 3.66. The molecule has 5 N–H and O–H groups in total. The molecule has 0 bridgehead atoms. The van der Waals surface area contributed by atoms with Crippen LogP contribution in [0.5, 0.6) is 0 Å². The van der Waals surface area contributed by atoms with Crippen molar-refractivity contribution < 1.29 is 19.5 Å². The van der Waals surface area contributed by atoms with E-state index in [1.54, 1.807) is 6.08 Å². The van der Waals surface area contributed by atoms with Crippen LogP contribution in [0, 0.1) is 0 Å². The molecule has 0 aromatic carbocycles. The number of nitrogens with two attached hydrogens (primary N) is 1. The van der Waals surface area contributed by atoms with Gasteiger partial charge in [-0.2, -0.15) is 0 Å². The fraction of sp³-hybridized carbons (Fsp3) is 0.706. The van der Waals surface area contributed by atoms with Crippen molar-refractivity contribution in [3.63, 3.8) is 0 Å². The first-order chi connectivity index (χ1) is 11.8. The molecule has 4 atom stereocenters. The monoisotopic (exact) mass is 352 g/mol. The highest BCUT2D eigenvalue weighted by molar-refractivity contribution is 5.87. The van der Waals surface area contributed by atoms with Crippen molar-refractivity contribution in [2.75, 3.05) is 13.1 Å². The predicted octanol–water partition coefficient (Wildman–Crippen LogP) is -0.408. The molecule has 2 rings (SSSR count). The van der Waals surface area contributed by atoms with E-state index in [1.165, 1.54) is 6.92 Å². The minimum absolute atomic E-state index is 0.00683. The second kappa shape index (κ2) is 8.44. The van der Waals surface area contributed by atoms with E-state index in [0.29, 0.717) is 13.0 Å². The Morgan fingerprint density at radius 3 is 2.68 bits per heavy atom. The van der Waals surface area contributed by atoms with Crippen LogP contribution in [0.4, 0.5) is 0 Å². The van der Waals surface area contributed by atoms with Crippen LogP contribution in [0.1, 0.15) is 39.5 Å². The first-order valence-corrected chi connectivity index (χ1v) is 8.81. The van der Waals surface area contributed by atoms with E-state index in [1.807, 2.05) is 6.92 Å². The molecule has 0 aromatic rings. The van der Waals surface area contributed by atoms with Gasteiger partial charge in [-0.1, -0.05) is 13.0 Å². The topological polar surface area (TPSA) is 125 Å². The zero-order valence-corrected chi connectivity index (χ0v) is 14.8. The maximum absolute atomic E-state index is 11.7. The van der Waals surface area contributed by atoms with Gasteiger partial charge in [0, 0.05) is 37.5 Å². The van der Waals surface area contributed by atoms with Crippen molar-refractivity contribution in [3.8, 4) is 0 Å². The zero-order valence-electron chi connectivity index (χ0n) is 14.8. The number of hydrogen-bond acceptors (Lipinski definition) is 5. The number of hydrogen-bond donors (Lipinski definition) is 4. The maximum atomic E-state index is 11.7. The number of carboxylic acids is 1. The fourth-order valence-corrected chi connectivity index (χ4v) is 3.66. The molecule has 0 radical (unpaired) electrons. The predicted molar refractivity (Wildman–Crippen MR) is 92.7 cm³/mol. The Kier molecular flexibility index (Phi) is 6.55. The normalized spacial score (nSPS) is 30.3. The van der Waals surface area contributed by atoms with Gasteiger partial charge in [-0.3, -0.25) is 14.5 Å². The van der Waals surface area contributed by atoms with E-state index >= 15 is 0 Å². The molecule has 2 aliphatic rings. The summed E-state index contributed by atoms with van der Waals surface area (Å²) in [4.78, 5) is 36.8. The molecular formula is C17H28N4O4. The Morgan fingerprint density at radius 1 is 1.36 bits per heavy atom. The molecule has 25 heavy (non-hydrogen) atoms. The van der Waals surface area contributed by atoms with Gasteiger partial charge in [0.05, 0.1) is 12.1 Å². The lowest BCUT2D eigenvalue weighted by Crippen LogP contribution is -2.63. The average molecular weight is 352 g/mol. The van der Waals surface area contributed by atoms with Crippen molar-refractivity contribution in [1.29, 1.82) is 0 Å². The van der Waals surface area contributed by atoms with Gasteiger partial charge in [0.1, 0.15) is 0 Å². The van der Waals surface area contributed by atoms with Crippen LogP contribution in [0.2, 0.25) is 0 Å². The van der Waals surface area contributed by atoms with Crippen molar-refractivity contribution in [2.45, 2.75) is 63.7 Å². The molecule has 1 aliphatic heterocycles. The molecule has 0 unspecified atom stereocenters. The molecule has 1 fully saturated rings. The standard InChI is InChI=1S/C17H28N4O4/c1-3-15(23)20-12-5-4-6-21(9-12)14-8-11(17(24)25)7-13(18)16(14)19-10(2)22/h8,12-14,16H,3-7,9,18H2,1-2H3,(H,19,22)(H,20,23)(H,24,25)/t12-,13-,14+,16+/m0/s1. The SMILES string of the molecule is CCC(=O)N[C@H]1CCCN([C@@H]2C=C(C(=O)O)C[C@H](N)[C@H]2NC(C)=O)C1. The second-order valence-electron chi connectivity index (χ2n) is 6.84. The largest absolute Gasteiger partial charge is 0.478 e.